The number of amides is 1. The van der Waals surface area contributed by atoms with Gasteiger partial charge in [0.05, 0.1) is 29.1 Å². The van der Waals surface area contributed by atoms with E-state index in [2.05, 4.69) is 25.4 Å². The number of anilines is 2. The average molecular weight is 532 g/mol. The van der Waals surface area contributed by atoms with Crippen molar-refractivity contribution in [1.29, 1.82) is 0 Å². The molecule has 1 saturated heterocycles. The molecule has 0 radical (unpaired) electrons. The lowest BCUT2D eigenvalue weighted by molar-refractivity contribution is -0.115. The monoisotopic (exact) mass is 531 g/mol. The van der Waals surface area contributed by atoms with E-state index in [9.17, 15) is 22.4 Å². The molecule has 2 aliphatic heterocycles. The van der Waals surface area contributed by atoms with E-state index in [0.29, 0.717) is 42.6 Å². The predicted octanol–water partition coefficient (Wildman–Crippen LogP) is 4.34. The van der Waals surface area contributed by atoms with E-state index >= 15 is 0 Å². The van der Waals surface area contributed by atoms with E-state index in [4.69, 9.17) is 4.74 Å². The van der Waals surface area contributed by atoms with Crippen LogP contribution < -0.4 is 20.3 Å². The number of alkyl halides is 3. The van der Waals surface area contributed by atoms with Crippen molar-refractivity contribution in [3.05, 3.63) is 59.7 Å². The molecule has 7 nitrogen and oxygen atoms in total. The highest BCUT2D eigenvalue weighted by Crippen LogP contribution is 2.36. The van der Waals surface area contributed by atoms with E-state index in [0.717, 1.165) is 38.2 Å². The summed E-state index contributed by atoms with van der Waals surface area (Å²) in [6.07, 6.45) is -0.461. The van der Waals surface area contributed by atoms with Gasteiger partial charge in [-0.2, -0.15) is 22.5 Å². The highest BCUT2D eigenvalue weighted by Gasteiger charge is 2.39. The van der Waals surface area contributed by atoms with Gasteiger partial charge in [-0.15, -0.1) is 0 Å². The molecular weight excluding hydrogens is 502 g/mol. The molecule has 0 spiro atoms. The molecule has 3 heterocycles. The number of halogens is 4. The van der Waals surface area contributed by atoms with Gasteiger partial charge in [-0.1, -0.05) is 12.1 Å². The van der Waals surface area contributed by atoms with E-state index in [1.807, 2.05) is 7.05 Å². The van der Waals surface area contributed by atoms with Crippen LogP contribution in [-0.2, 0) is 4.79 Å². The number of likely N-dealkylation sites (N-methyl/N-ethyl adjacent to an activating group) is 1. The lowest BCUT2D eigenvalue weighted by atomic mass is 10.0. The zero-order valence-electron chi connectivity index (χ0n) is 20.9. The van der Waals surface area contributed by atoms with Crippen LogP contribution in [0.5, 0.6) is 5.88 Å². The SMILES string of the molecule is CN1CCN(c2ccc(-c3ccc(OCC4CC4)nc3F)cc2NC(=O)C2=CNCC=C2C(F)(F)F)CC1. The van der Waals surface area contributed by atoms with Gasteiger partial charge in [-0.05, 0) is 49.6 Å². The summed E-state index contributed by atoms with van der Waals surface area (Å²) >= 11 is 0. The summed E-state index contributed by atoms with van der Waals surface area (Å²) in [4.78, 5) is 21.3. The fourth-order valence-electron chi connectivity index (χ4n) is 4.48. The Hall–Kier alpha value is -3.60. The Bertz CT molecular complexity index is 1260. The molecule has 11 heteroatoms. The fraction of sp³-hybridized carbons (Fsp3) is 0.407. The number of piperazine rings is 1. The summed E-state index contributed by atoms with van der Waals surface area (Å²) in [7, 11) is 2.00. The molecule has 3 aliphatic rings. The molecule has 5 rings (SSSR count). The first-order chi connectivity index (χ1) is 18.2. The minimum atomic E-state index is -4.68. The molecule has 38 heavy (non-hydrogen) atoms. The molecule has 2 aromatic rings. The summed E-state index contributed by atoms with van der Waals surface area (Å²) < 4.78 is 61.3. The number of dihydropyridines is 1. The summed E-state index contributed by atoms with van der Waals surface area (Å²) in [5, 5.41) is 5.33. The van der Waals surface area contributed by atoms with Crippen LogP contribution in [0.3, 0.4) is 0 Å². The second kappa shape index (κ2) is 10.6. The Kier molecular flexibility index (Phi) is 7.29. The number of ether oxygens (including phenoxy) is 1. The molecule has 0 atom stereocenters. The quantitative estimate of drug-likeness (QED) is 0.409. The van der Waals surface area contributed by atoms with Crippen LogP contribution in [0, 0.1) is 11.9 Å². The van der Waals surface area contributed by atoms with Gasteiger partial charge in [0, 0.05) is 50.6 Å². The largest absolute Gasteiger partial charge is 0.477 e. The van der Waals surface area contributed by atoms with Crippen molar-refractivity contribution in [2.24, 2.45) is 5.92 Å². The normalized spacial score (nSPS) is 18.4. The second-order valence-corrected chi connectivity index (χ2v) is 9.80. The van der Waals surface area contributed by atoms with Crippen molar-refractivity contribution in [2.75, 3.05) is 56.6 Å². The third-order valence-electron chi connectivity index (χ3n) is 6.90. The lowest BCUT2D eigenvalue weighted by Crippen LogP contribution is -2.44. The number of hydrogen-bond donors (Lipinski definition) is 2. The molecule has 202 valence electrons. The maximum atomic E-state index is 15.0. The fourth-order valence-corrected chi connectivity index (χ4v) is 4.48. The third-order valence-corrected chi connectivity index (χ3v) is 6.90. The first-order valence-corrected chi connectivity index (χ1v) is 12.6. The molecule has 1 amide bonds. The van der Waals surface area contributed by atoms with Crippen LogP contribution in [0.25, 0.3) is 11.1 Å². The zero-order valence-corrected chi connectivity index (χ0v) is 20.9. The van der Waals surface area contributed by atoms with Gasteiger partial charge in [0.15, 0.2) is 0 Å². The number of hydrogen-bond acceptors (Lipinski definition) is 6. The van der Waals surface area contributed by atoms with Crippen molar-refractivity contribution >= 4 is 17.3 Å². The van der Waals surface area contributed by atoms with Crippen LogP contribution in [0.2, 0.25) is 0 Å². The lowest BCUT2D eigenvalue weighted by Gasteiger charge is -2.35. The van der Waals surface area contributed by atoms with Crippen molar-refractivity contribution in [2.45, 2.75) is 19.0 Å². The average Bonchev–Trinajstić information content (AvgIpc) is 3.72. The molecule has 1 aliphatic carbocycles. The minimum Gasteiger partial charge on any atom is -0.477 e. The maximum Gasteiger partial charge on any atom is 0.416 e. The van der Waals surface area contributed by atoms with E-state index in [1.54, 1.807) is 30.3 Å². The standard InChI is InChI=1S/C27H29F4N5O2/c1-35-10-12-36(13-11-35)23-6-4-18(19-5-7-24(34-25(19)28)38-16-17-2-3-17)14-22(23)33-26(37)20-15-32-9-8-21(20)27(29,30)31/h4-8,14-15,17,32H,2-3,9-13,16H2,1H3,(H,33,37). The van der Waals surface area contributed by atoms with Gasteiger partial charge < -0.3 is 25.2 Å². The molecule has 2 fully saturated rings. The summed E-state index contributed by atoms with van der Waals surface area (Å²) in [5.41, 5.74) is 0.0535. The third kappa shape index (κ3) is 5.93. The van der Waals surface area contributed by atoms with Crippen molar-refractivity contribution in [1.82, 2.24) is 15.2 Å². The molecule has 1 saturated carbocycles. The molecule has 1 aromatic carbocycles. The highest BCUT2D eigenvalue weighted by molar-refractivity contribution is 6.09. The topological polar surface area (TPSA) is 69.7 Å². The number of benzene rings is 1. The van der Waals surface area contributed by atoms with Crippen LogP contribution in [0.1, 0.15) is 12.8 Å². The Morgan fingerprint density at radius 2 is 1.92 bits per heavy atom. The van der Waals surface area contributed by atoms with Crippen LogP contribution >= 0.6 is 0 Å². The smallest absolute Gasteiger partial charge is 0.416 e. The van der Waals surface area contributed by atoms with Crippen molar-refractivity contribution in [3.8, 4) is 17.0 Å². The number of carbonyl (C=O) groups excluding carboxylic acids is 1. The van der Waals surface area contributed by atoms with Gasteiger partial charge in [-0.25, -0.2) is 0 Å². The highest BCUT2D eigenvalue weighted by atomic mass is 19.4. The number of nitrogens with zero attached hydrogens (tertiary/aromatic N) is 3. The van der Waals surface area contributed by atoms with Gasteiger partial charge >= 0.3 is 6.18 Å². The first-order valence-electron chi connectivity index (χ1n) is 12.6. The minimum absolute atomic E-state index is 0.0275. The predicted molar refractivity (Wildman–Crippen MR) is 136 cm³/mol. The maximum absolute atomic E-state index is 15.0. The Balaban J connectivity index is 1.45. The zero-order chi connectivity index (χ0) is 26.9. The van der Waals surface area contributed by atoms with Gasteiger partial charge in [0.2, 0.25) is 11.8 Å². The number of rotatable bonds is 7. The first kappa shape index (κ1) is 26.0. The summed E-state index contributed by atoms with van der Waals surface area (Å²) in [6.45, 7) is 3.37. The molecule has 2 N–H and O–H groups in total. The number of pyridine rings is 1. The molecule has 0 unspecified atom stereocenters. The van der Waals surface area contributed by atoms with Crippen molar-refractivity contribution < 1.29 is 27.1 Å². The Morgan fingerprint density at radius 3 is 2.61 bits per heavy atom. The van der Waals surface area contributed by atoms with E-state index in [-0.39, 0.29) is 18.0 Å². The van der Waals surface area contributed by atoms with Crippen LogP contribution in [0.15, 0.2) is 53.8 Å². The molecule has 0 bridgehead atoms. The summed E-state index contributed by atoms with van der Waals surface area (Å²) in [5.74, 6) is -0.945. The second-order valence-electron chi connectivity index (χ2n) is 9.80. The van der Waals surface area contributed by atoms with Crippen LogP contribution in [0.4, 0.5) is 28.9 Å². The molecule has 1 aromatic heterocycles. The van der Waals surface area contributed by atoms with E-state index in [1.165, 1.54) is 0 Å². The Morgan fingerprint density at radius 1 is 1.16 bits per heavy atom. The summed E-state index contributed by atoms with van der Waals surface area (Å²) in [6, 6.07) is 8.19. The number of aromatic nitrogens is 1. The number of carbonyl (C=O) groups is 1. The van der Waals surface area contributed by atoms with Gasteiger partial charge in [0.25, 0.3) is 5.91 Å². The van der Waals surface area contributed by atoms with Crippen molar-refractivity contribution in [3.63, 3.8) is 0 Å². The van der Waals surface area contributed by atoms with Gasteiger partial charge in [0.1, 0.15) is 0 Å². The number of nitrogens with one attached hydrogen (secondary N) is 2. The van der Waals surface area contributed by atoms with Crippen LogP contribution in [-0.4, -0.2) is 68.3 Å². The Labute approximate surface area is 218 Å². The van der Waals surface area contributed by atoms with E-state index < -0.39 is 29.2 Å². The molecular formula is C27H29F4N5O2. The van der Waals surface area contributed by atoms with Gasteiger partial charge in [-0.3, -0.25) is 4.79 Å².